The number of fused-ring (bicyclic) bond motifs is 1. The fraction of sp³-hybridized carbons (Fsp3) is 0.250. The Morgan fingerprint density at radius 2 is 1.86 bits per heavy atom. The van der Waals surface area contributed by atoms with Crippen molar-refractivity contribution >= 4 is 22.8 Å². The number of aliphatic hydroxyl groups is 1. The third-order valence-electron chi connectivity index (χ3n) is 3.46. The summed E-state index contributed by atoms with van der Waals surface area (Å²) in [5.41, 5.74) is 0.781. The lowest BCUT2D eigenvalue weighted by atomic mass is 10.0. The van der Waals surface area contributed by atoms with Crippen LogP contribution < -0.4 is 0 Å². The molecule has 0 fully saturated rings. The summed E-state index contributed by atoms with van der Waals surface area (Å²) in [6.07, 6.45) is -0.797. The first-order valence-corrected chi connectivity index (χ1v) is 6.73. The van der Waals surface area contributed by atoms with E-state index in [1.165, 1.54) is 7.11 Å². The highest BCUT2D eigenvalue weighted by Gasteiger charge is 2.30. The molecular formula is C16H17NO5. The van der Waals surface area contributed by atoms with E-state index in [1.807, 2.05) is 42.5 Å². The van der Waals surface area contributed by atoms with Gasteiger partial charge in [-0.2, -0.15) is 0 Å². The summed E-state index contributed by atoms with van der Waals surface area (Å²) < 4.78 is 4.64. The van der Waals surface area contributed by atoms with Gasteiger partial charge in [0.1, 0.15) is 0 Å². The number of benzene rings is 2. The van der Waals surface area contributed by atoms with Crippen molar-refractivity contribution in [3.63, 3.8) is 0 Å². The summed E-state index contributed by atoms with van der Waals surface area (Å²) in [7, 11) is 1.18. The van der Waals surface area contributed by atoms with Gasteiger partial charge >= 0.3 is 12.1 Å². The van der Waals surface area contributed by atoms with Crippen LogP contribution in [0.3, 0.4) is 0 Å². The number of aliphatic carboxylic acids is 1. The molecule has 0 radical (unpaired) electrons. The molecule has 2 aromatic carbocycles. The molecule has 2 rings (SSSR count). The van der Waals surface area contributed by atoms with Gasteiger partial charge in [-0.15, -0.1) is 0 Å². The average molecular weight is 303 g/mol. The topological polar surface area (TPSA) is 87.1 Å². The normalized spacial score (nSPS) is 11.9. The van der Waals surface area contributed by atoms with Gasteiger partial charge in [-0.25, -0.2) is 9.59 Å². The lowest BCUT2D eigenvalue weighted by molar-refractivity contribution is -0.144. The molecule has 0 aliphatic carbocycles. The Kier molecular flexibility index (Phi) is 4.95. The molecule has 0 bridgehead atoms. The SMILES string of the molecule is COC(=O)N(Cc1cccc2ccccc12)C(CO)C(=O)O. The van der Waals surface area contributed by atoms with Crippen LogP contribution in [0.15, 0.2) is 42.5 Å². The van der Waals surface area contributed by atoms with Crippen LogP contribution in [0.5, 0.6) is 0 Å². The fourth-order valence-corrected chi connectivity index (χ4v) is 2.34. The van der Waals surface area contributed by atoms with Gasteiger partial charge in [0.25, 0.3) is 0 Å². The first kappa shape index (κ1) is 15.8. The van der Waals surface area contributed by atoms with E-state index in [1.54, 1.807) is 0 Å². The molecular weight excluding hydrogens is 286 g/mol. The van der Waals surface area contributed by atoms with E-state index in [9.17, 15) is 14.7 Å². The number of rotatable bonds is 5. The molecule has 0 aliphatic rings. The number of carbonyl (C=O) groups is 2. The molecule has 2 aromatic rings. The van der Waals surface area contributed by atoms with Crippen molar-refractivity contribution in [2.45, 2.75) is 12.6 Å². The van der Waals surface area contributed by atoms with Crippen LogP contribution >= 0.6 is 0 Å². The molecule has 1 atom stereocenters. The molecule has 1 unspecified atom stereocenters. The molecule has 1 amide bonds. The lowest BCUT2D eigenvalue weighted by Gasteiger charge is -2.26. The minimum atomic E-state index is -1.36. The minimum Gasteiger partial charge on any atom is -0.480 e. The Labute approximate surface area is 127 Å². The monoisotopic (exact) mass is 303 g/mol. The van der Waals surface area contributed by atoms with E-state index in [-0.39, 0.29) is 6.54 Å². The highest BCUT2D eigenvalue weighted by molar-refractivity contribution is 5.86. The number of hydrogen-bond acceptors (Lipinski definition) is 4. The van der Waals surface area contributed by atoms with Crippen LogP contribution in [0.2, 0.25) is 0 Å². The minimum absolute atomic E-state index is 0.0333. The molecule has 0 heterocycles. The van der Waals surface area contributed by atoms with Gasteiger partial charge in [0.2, 0.25) is 0 Å². The van der Waals surface area contributed by atoms with Crippen LogP contribution in [-0.4, -0.2) is 46.9 Å². The highest BCUT2D eigenvalue weighted by Crippen LogP contribution is 2.21. The largest absolute Gasteiger partial charge is 0.480 e. The Hall–Kier alpha value is -2.60. The van der Waals surface area contributed by atoms with Crippen molar-refractivity contribution in [1.82, 2.24) is 4.90 Å². The summed E-state index contributed by atoms with van der Waals surface area (Å²) in [4.78, 5) is 24.1. The predicted octanol–water partition coefficient (Wildman–Crippen LogP) is 1.85. The van der Waals surface area contributed by atoms with E-state index < -0.39 is 24.7 Å². The van der Waals surface area contributed by atoms with Crippen LogP contribution in [0.1, 0.15) is 5.56 Å². The maximum absolute atomic E-state index is 11.9. The number of ether oxygens (including phenoxy) is 1. The maximum atomic E-state index is 11.9. The summed E-state index contributed by atoms with van der Waals surface area (Å²) in [6.45, 7) is -0.652. The highest BCUT2D eigenvalue weighted by atomic mass is 16.5. The van der Waals surface area contributed by atoms with Crippen molar-refractivity contribution in [2.24, 2.45) is 0 Å². The number of carbonyl (C=O) groups excluding carboxylic acids is 1. The Bertz CT molecular complexity index is 680. The zero-order chi connectivity index (χ0) is 16.1. The smallest absolute Gasteiger partial charge is 0.410 e. The molecule has 0 saturated carbocycles. The molecule has 0 spiro atoms. The Morgan fingerprint density at radius 1 is 1.18 bits per heavy atom. The lowest BCUT2D eigenvalue weighted by Crippen LogP contribution is -2.46. The first-order chi connectivity index (χ1) is 10.6. The van der Waals surface area contributed by atoms with E-state index in [2.05, 4.69) is 4.74 Å². The van der Waals surface area contributed by atoms with Gasteiger partial charge in [0, 0.05) is 0 Å². The fourth-order valence-electron chi connectivity index (χ4n) is 2.34. The molecule has 22 heavy (non-hydrogen) atoms. The van der Waals surface area contributed by atoms with Gasteiger partial charge in [-0.3, -0.25) is 4.90 Å². The quantitative estimate of drug-likeness (QED) is 0.880. The molecule has 0 saturated heterocycles. The van der Waals surface area contributed by atoms with Crippen molar-refractivity contribution in [2.75, 3.05) is 13.7 Å². The summed E-state index contributed by atoms with van der Waals surface area (Å²) >= 11 is 0. The molecule has 0 aliphatic heterocycles. The Morgan fingerprint density at radius 3 is 2.50 bits per heavy atom. The molecule has 6 heteroatoms. The van der Waals surface area contributed by atoms with Crippen LogP contribution in [0.25, 0.3) is 10.8 Å². The third kappa shape index (κ3) is 3.17. The number of methoxy groups -OCH3 is 1. The number of carboxylic acids is 1. The van der Waals surface area contributed by atoms with Gasteiger partial charge in [-0.05, 0) is 16.3 Å². The van der Waals surface area contributed by atoms with E-state index >= 15 is 0 Å². The number of nitrogens with zero attached hydrogens (tertiary/aromatic N) is 1. The zero-order valence-electron chi connectivity index (χ0n) is 12.1. The number of hydrogen-bond donors (Lipinski definition) is 2. The van der Waals surface area contributed by atoms with Crippen molar-refractivity contribution < 1.29 is 24.5 Å². The summed E-state index contributed by atoms with van der Waals surface area (Å²) in [6, 6.07) is 11.8. The standard InChI is InChI=1S/C16H17NO5/c1-22-16(21)17(14(10-18)15(19)20)9-12-7-4-6-11-5-2-3-8-13(11)12/h2-8,14,18H,9-10H2,1H3,(H,19,20). The van der Waals surface area contributed by atoms with Crippen LogP contribution in [0, 0.1) is 0 Å². The van der Waals surface area contributed by atoms with E-state index in [4.69, 9.17) is 5.11 Å². The number of amides is 1. The predicted molar refractivity (Wildman–Crippen MR) is 80.4 cm³/mol. The van der Waals surface area contributed by atoms with E-state index in [0.29, 0.717) is 0 Å². The van der Waals surface area contributed by atoms with E-state index in [0.717, 1.165) is 21.2 Å². The molecule has 6 nitrogen and oxygen atoms in total. The number of aliphatic hydroxyl groups excluding tert-OH is 1. The maximum Gasteiger partial charge on any atom is 0.410 e. The van der Waals surface area contributed by atoms with Gasteiger partial charge < -0.3 is 14.9 Å². The summed E-state index contributed by atoms with van der Waals surface area (Å²) in [5, 5.41) is 20.3. The second-order valence-electron chi connectivity index (χ2n) is 4.77. The van der Waals surface area contributed by atoms with Crippen molar-refractivity contribution in [1.29, 1.82) is 0 Å². The summed E-state index contributed by atoms with van der Waals surface area (Å²) in [5.74, 6) is -1.28. The van der Waals surface area contributed by atoms with Crippen LogP contribution in [0.4, 0.5) is 4.79 Å². The van der Waals surface area contributed by atoms with Crippen LogP contribution in [-0.2, 0) is 16.1 Å². The second kappa shape index (κ2) is 6.91. The zero-order valence-corrected chi connectivity index (χ0v) is 12.1. The Balaban J connectivity index is 2.41. The molecule has 0 aromatic heterocycles. The number of carboxylic acid groups (broad SMARTS) is 1. The first-order valence-electron chi connectivity index (χ1n) is 6.73. The van der Waals surface area contributed by atoms with Gasteiger partial charge in [-0.1, -0.05) is 42.5 Å². The molecule has 116 valence electrons. The van der Waals surface area contributed by atoms with Crippen molar-refractivity contribution in [3.8, 4) is 0 Å². The van der Waals surface area contributed by atoms with Gasteiger partial charge in [0.15, 0.2) is 6.04 Å². The second-order valence-corrected chi connectivity index (χ2v) is 4.77. The molecule has 2 N–H and O–H groups in total. The third-order valence-corrected chi connectivity index (χ3v) is 3.46. The average Bonchev–Trinajstić information content (AvgIpc) is 2.53. The van der Waals surface area contributed by atoms with Gasteiger partial charge in [0.05, 0.1) is 20.3 Å². The van der Waals surface area contributed by atoms with Crippen molar-refractivity contribution in [3.05, 3.63) is 48.0 Å².